The van der Waals surface area contributed by atoms with Crippen LogP contribution in [0, 0.1) is 5.92 Å². The van der Waals surface area contributed by atoms with Crippen molar-refractivity contribution < 1.29 is 14.0 Å². The van der Waals surface area contributed by atoms with Crippen LogP contribution >= 0.6 is 0 Å². The molecule has 0 amide bonds. The first kappa shape index (κ1) is 27.1. The number of aliphatic hydroxyl groups excluding tert-OH is 1. The standard InChI is InChI=1S/C22H48O3Si2/c1-13-15-18(17-24-26(9,10)21(3,4)5)20(16-19(23)14-2)25-27(11,12)22(6,7)8/h14,18-20,23H,2,13,15-17H2,1,3-12H3/t18-,19?,20+/m0/s1. The van der Waals surface area contributed by atoms with E-state index < -0.39 is 22.7 Å². The molecule has 0 rings (SSSR count). The molecular weight excluding hydrogens is 368 g/mol. The molecule has 0 spiro atoms. The van der Waals surface area contributed by atoms with Crippen LogP contribution in [0.2, 0.25) is 36.3 Å². The molecule has 0 fully saturated rings. The molecule has 3 nitrogen and oxygen atoms in total. The molecule has 27 heavy (non-hydrogen) atoms. The first-order valence-corrected chi connectivity index (χ1v) is 16.4. The maximum atomic E-state index is 10.3. The van der Waals surface area contributed by atoms with Gasteiger partial charge in [-0.15, -0.1) is 6.58 Å². The fraction of sp³-hybridized carbons (Fsp3) is 0.909. The van der Waals surface area contributed by atoms with Gasteiger partial charge in [0.05, 0.1) is 12.2 Å². The second-order valence-corrected chi connectivity index (χ2v) is 20.6. The molecule has 0 saturated carbocycles. The number of hydrogen-bond acceptors (Lipinski definition) is 3. The predicted molar refractivity (Wildman–Crippen MR) is 124 cm³/mol. The van der Waals surface area contributed by atoms with E-state index >= 15 is 0 Å². The molecule has 1 unspecified atom stereocenters. The Hall–Kier alpha value is 0.0538. The monoisotopic (exact) mass is 416 g/mol. The molecule has 0 aromatic rings. The summed E-state index contributed by atoms with van der Waals surface area (Å²) >= 11 is 0. The lowest BCUT2D eigenvalue weighted by Gasteiger charge is -2.43. The average Bonchev–Trinajstić information content (AvgIpc) is 2.48. The zero-order valence-corrected chi connectivity index (χ0v) is 22.1. The van der Waals surface area contributed by atoms with E-state index in [4.69, 9.17) is 8.85 Å². The molecule has 0 heterocycles. The molecule has 162 valence electrons. The Morgan fingerprint density at radius 3 is 1.81 bits per heavy atom. The van der Waals surface area contributed by atoms with Crippen LogP contribution in [0.4, 0.5) is 0 Å². The Kier molecular flexibility index (Phi) is 10.2. The van der Waals surface area contributed by atoms with Gasteiger partial charge in [-0.1, -0.05) is 61.0 Å². The molecular formula is C22H48O3Si2. The molecule has 0 radical (unpaired) electrons. The summed E-state index contributed by atoms with van der Waals surface area (Å²) in [7, 11) is -3.75. The van der Waals surface area contributed by atoms with Crippen molar-refractivity contribution >= 4 is 16.6 Å². The second-order valence-electron chi connectivity index (χ2n) is 11.1. The van der Waals surface area contributed by atoms with Gasteiger partial charge in [-0.05, 0) is 42.7 Å². The Bertz CT molecular complexity index is 447. The molecule has 0 aliphatic rings. The molecule has 1 N–H and O–H groups in total. The van der Waals surface area contributed by atoms with Crippen molar-refractivity contribution in [2.75, 3.05) is 6.61 Å². The van der Waals surface area contributed by atoms with Crippen molar-refractivity contribution in [3.63, 3.8) is 0 Å². The SMILES string of the molecule is C=CC(O)C[C@@H](O[Si](C)(C)C(C)(C)C)[C@@H](CCC)CO[Si](C)(C)C(C)(C)C. The minimum Gasteiger partial charge on any atom is -0.416 e. The molecule has 0 aromatic carbocycles. The quantitative estimate of drug-likeness (QED) is 0.299. The van der Waals surface area contributed by atoms with Crippen molar-refractivity contribution in [3.8, 4) is 0 Å². The smallest absolute Gasteiger partial charge is 0.192 e. The Labute approximate surface area is 172 Å². The summed E-state index contributed by atoms with van der Waals surface area (Å²) in [4.78, 5) is 0. The normalized spacial score (nSPS) is 17.5. The van der Waals surface area contributed by atoms with Crippen molar-refractivity contribution in [2.45, 2.75) is 116 Å². The number of aliphatic hydroxyl groups is 1. The van der Waals surface area contributed by atoms with Gasteiger partial charge in [0.1, 0.15) is 0 Å². The summed E-state index contributed by atoms with van der Waals surface area (Å²) in [6.45, 7) is 29.5. The second kappa shape index (κ2) is 10.2. The van der Waals surface area contributed by atoms with Gasteiger partial charge in [0.2, 0.25) is 0 Å². The molecule has 0 saturated heterocycles. The topological polar surface area (TPSA) is 38.7 Å². The highest BCUT2D eigenvalue weighted by atomic mass is 28.4. The Morgan fingerprint density at radius 2 is 1.44 bits per heavy atom. The van der Waals surface area contributed by atoms with Gasteiger partial charge in [0.25, 0.3) is 0 Å². The minimum absolute atomic E-state index is 0.00334. The third kappa shape index (κ3) is 8.52. The van der Waals surface area contributed by atoms with Gasteiger partial charge in [0.15, 0.2) is 16.6 Å². The summed E-state index contributed by atoms with van der Waals surface area (Å²) in [5.41, 5.74) is 0. The third-order valence-corrected chi connectivity index (χ3v) is 15.7. The van der Waals surface area contributed by atoms with Crippen LogP contribution in [0.25, 0.3) is 0 Å². The maximum Gasteiger partial charge on any atom is 0.192 e. The summed E-state index contributed by atoms with van der Waals surface area (Å²) in [6.07, 6.45) is 3.84. The lowest BCUT2D eigenvalue weighted by atomic mass is 9.94. The highest BCUT2D eigenvalue weighted by Crippen LogP contribution is 2.40. The highest BCUT2D eigenvalue weighted by Gasteiger charge is 2.42. The van der Waals surface area contributed by atoms with Gasteiger partial charge in [-0.2, -0.15) is 0 Å². The summed E-state index contributed by atoms with van der Waals surface area (Å²) in [6, 6.07) is 0. The average molecular weight is 417 g/mol. The third-order valence-electron chi connectivity index (χ3n) is 6.65. The van der Waals surface area contributed by atoms with Crippen LogP contribution in [0.15, 0.2) is 12.7 Å². The highest BCUT2D eigenvalue weighted by molar-refractivity contribution is 6.74. The van der Waals surface area contributed by atoms with Gasteiger partial charge in [0, 0.05) is 18.9 Å². The van der Waals surface area contributed by atoms with E-state index in [1.807, 2.05) is 0 Å². The molecule has 3 atom stereocenters. The van der Waals surface area contributed by atoms with Crippen molar-refractivity contribution in [1.82, 2.24) is 0 Å². The van der Waals surface area contributed by atoms with E-state index in [-0.39, 0.29) is 16.2 Å². The van der Waals surface area contributed by atoms with Crippen LogP contribution in [0.1, 0.15) is 67.7 Å². The molecule has 5 heteroatoms. The van der Waals surface area contributed by atoms with E-state index in [1.54, 1.807) is 6.08 Å². The van der Waals surface area contributed by atoms with Crippen LogP contribution in [-0.4, -0.2) is 40.6 Å². The Morgan fingerprint density at radius 1 is 0.963 bits per heavy atom. The van der Waals surface area contributed by atoms with Crippen molar-refractivity contribution in [1.29, 1.82) is 0 Å². The van der Waals surface area contributed by atoms with Crippen LogP contribution in [-0.2, 0) is 8.85 Å². The van der Waals surface area contributed by atoms with Crippen molar-refractivity contribution in [3.05, 3.63) is 12.7 Å². The summed E-state index contributed by atoms with van der Waals surface area (Å²) in [5, 5.41) is 10.6. The first-order valence-electron chi connectivity index (χ1n) is 10.6. The van der Waals surface area contributed by atoms with Gasteiger partial charge >= 0.3 is 0 Å². The number of hydrogen-bond donors (Lipinski definition) is 1. The fourth-order valence-electron chi connectivity index (χ4n) is 2.51. The minimum atomic E-state index is -1.94. The van der Waals surface area contributed by atoms with Crippen molar-refractivity contribution in [2.24, 2.45) is 5.92 Å². The van der Waals surface area contributed by atoms with E-state index in [0.29, 0.717) is 18.9 Å². The zero-order valence-electron chi connectivity index (χ0n) is 20.1. The van der Waals surface area contributed by atoms with Gasteiger partial charge in [-0.25, -0.2) is 0 Å². The Balaban J connectivity index is 5.54. The summed E-state index contributed by atoms with van der Waals surface area (Å²) < 4.78 is 13.4. The molecule has 0 aliphatic heterocycles. The number of rotatable bonds is 11. The molecule has 0 aliphatic carbocycles. The fourth-order valence-corrected chi connectivity index (χ4v) is 4.97. The lowest BCUT2D eigenvalue weighted by molar-refractivity contribution is 0.0402. The lowest BCUT2D eigenvalue weighted by Crippen LogP contribution is -2.48. The van der Waals surface area contributed by atoms with Gasteiger partial charge < -0.3 is 14.0 Å². The molecule has 0 aromatic heterocycles. The van der Waals surface area contributed by atoms with E-state index in [0.717, 1.165) is 12.8 Å². The van der Waals surface area contributed by atoms with Crippen LogP contribution in [0.5, 0.6) is 0 Å². The predicted octanol–water partition coefficient (Wildman–Crippen LogP) is 6.75. The maximum absolute atomic E-state index is 10.3. The largest absolute Gasteiger partial charge is 0.416 e. The molecule has 0 bridgehead atoms. The van der Waals surface area contributed by atoms with Gasteiger partial charge in [-0.3, -0.25) is 0 Å². The first-order chi connectivity index (χ1) is 12.0. The van der Waals surface area contributed by atoms with E-state index in [2.05, 4.69) is 81.2 Å². The van der Waals surface area contributed by atoms with Crippen LogP contribution in [0.3, 0.4) is 0 Å². The summed E-state index contributed by atoms with van der Waals surface area (Å²) in [5.74, 6) is 0.299. The van der Waals surface area contributed by atoms with Crippen LogP contribution < -0.4 is 0 Å². The van der Waals surface area contributed by atoms with E-state index in [9.17, 15) is 5.11 Å². The zero-order chi connectivity index (χ0) is 21.7. The van der Waals surface area contributed by atoms with E-state index in [1.165, 1.54) is 0 Å².